The van der Waals surface area contributed by atoms with Crippen molar-refractivity contribution in [3.63, 3.8) is 0 Å². The van der Waals surface area contributed by atoms with Gasteiger partial charge in [-0.3, -0.25) is 42.5 Å². The third-order valence-corrected chi connectivity index (χ3v) is 18.9. The summed E-state index contributed by atoms with van der Waals surface area (Å²) in [5.41, 5.74) is 2.54. The number of hydrogen-bond donors (Lipinski definition) is 11. The van der Waals surface area contributed by atoms with Crippen LogP contribution in [0.5, 0.6) is 0 Å². The molecule has 8 bridgehead atoms. The van der Waals surface area contributed by atoms with Gasteiger partial charge in [0.15, 0.2) is 0 Å². The molecule has 4 saturated carbocycles. The number of rotatable bonds is 6. The largest absolute Gasteiger partial charge is 0.388 e. The lowest BCUT2D eigenvalue weighted by atomic mass is 9.55. The second-order valence-electron chi connectivity index (χ2n) is 21.9. The highest BCUT2D eigenvalue weighted by atomic mass is 16.3. The van der Waals surface area contributed by atoms with Crippen molar-refractivity contribution >= 4 is 0 Å². The smallest absolute Gasteiger partial charge is 0.0825 e. The molecule has 3 aromatic carbocycles. The lowest BCUT2D eigenvalue weighted by Gasteiger charge is -2.52. The van der Waals surface area contributed by atoms with Gasteiger partial charge < -0.3 is 15.3 Å². The first-order valence-corrected chi connectivity index (χ1v) is 25.8. The van der Waals surface area contributed by atoms with Crippen LogP contribution in [-0.2, 0) is 0 Å². The molecular formula is C53H74N8O3. The van der Waals surface area contributed by atoms with Gasteiger partial charge in [0, 0.05) is 11.8 Å². The van der Waals surface area contributed by atoms with E-state index in [0.717, 1.165) is 16.7 Å². The van der Waals surface area contributed by atoms with E-state index in [-0.39, 0.29) is 67.1 Å². The third-order valence-electron chi connectivity index (χ3n) is 18.9. The predicted molar refractivity (Wildman–Crippen MR) is 248 cm³/mol. The molecule has 0 radical (unpaired) electrons. The van der Waals surface area contributed by atoms with Gasteiger partial charge in [-0.15, -0.1) is 0 Å². The van der Waals surface area contributed by atoms with E-state index in [2.05, 4.69) is 42.5 Å². The van der Waals surface area contributed by atoms with Gasteiger partial charge in [-0.25, -0.2) is 0 Å². The van der Waals surface area contributed by atoms with Gasteiger partial charge in [0.25, 0.3) is 0 Å². The van der Waals surface area contributed by atoms with Gasteiger partial charge in [-0.2, -0.15) is 0 Å². The van der Waals surface area contributed by atoms with Crippen molar-refractivity contribution in [3.8, 4) is 0 Å². The van der Waals surface area contributed by atoms with Crippen molar-refractivity contribution in [3.05, 3.63) is 108 Å². The van der Waals surface area contributed by atoms with Gasteiger partial charge in [0.2, 0.25) is 0 Å². The molecule has 22 atom stereocenters. The Labute approximate surface area is 380 Å². The zero-order valence-electron chi connectivity index (χ0n) is 37.4. The molecule has 0 spiro atoms. The SMILES string of the molecule is OC(c1ccccc1)C1CC2C3NC4NC(NC5NC(NC6NC(NC(N3)C2C(C(O)c2ccccc2)C1C(O)c1ccccc1)C1CCCCC61)C1CCCCC51)C1CCCCC41. The normalized spacial score (nSPS) is 45.3. The molecule has 22 unspecified atom stereocenters. The predicted octanol–water partition coefficient (Wildman–Crippen LogP) is 5.48. The third kappa shape index (κ3) is 7.63. The van der Waals surface area contributed by atoms with Crippen LogP contribution in [0.25, 0.3) is 0 Å². The van der Waals surface area contributed by atoms with Crippen LogP contribution >= 0.6 is 0 Å². The average molecular weight is 871 g/mol. The maximum atomic E-state index is 13.1. The zero-order valence-corrected chi connectivity index (χ0v) is 37.4. The van der Waals surface area contributed by atoms with Crippen LogP contribution < -0.4 is 42.5 Å². The molecular weight excluding hydrogens is 797 g/mol. The summed E-state index contributed by atoms with van der Waals surface area (Å²) in [5.74, 6) is 2.08. The van der Waals surface area contributed by atoms with E-state index in [1.54, 1.807) is 0 Å². The molecule has 5 aliphatic heterocycles. The quantitative estimate of drug-likeness (QED) is 0.153. The minimum Gasteiger partial charge on any atom is -0.388 e. The van der Waals surface area contributed by atoms with E-state index < -0.39 is 30.1 Å². The summed E-state index contributed by atoms with van der Waals surface area (Å²) < 4.78 is 0. The standard InChI is InChI=1S/C53H74N8O3/c62-43(29-16-4-1-5-17-29)38-28-39-41(42(45(64)31-20-8-3-9-21-31)40(38)44(63)30-18-6-2-7-19-30)53-60-51-37-27-15-14-26-36(37)49(58-51)56-47-33-23-11-10-22-32(33)46(54-47)55-48-34-24-12-13-25-35(34)50(57-48)59-52(39)61-53/h1-9,16-21,32-64H,10-15,22-28H2. The topological polar surface area (TPSA) is 157 Å². The van der Waals surface area contributed by atoms with Crippen molar-refractivity contribution in [2.24, 2.45) is 65.1 Å². The highest BCUT2D eigenvalue weighted by molar-refractivity contribution is 5.27. The number of nitrogens with one attached hydrogen (secondary N) is 8. The van der Waals surface area contributed by atoms with Crippen LogP contribution in [0.4, 0.5) is 0 Å². The number of aliphatic hydroxyl groups excluding tert-OH is 3. The van der Waals surface area contributed by atoms with Crippen molar-refractivity contribution in [1.29, 1.82) is 0 Å². The molecule has 9 fully saturated rings. The van der Waals surface area contributed by atoms with Crippen LogP contribution in [-0.4, -0.2) is 64.6 Å². The monoisotopic (exact) mass is 871 g/mol. The number of hydrogen-bond acceptors (Lipinski definition) is 11. The zero-order chi connectivity index (χ0) is 42.9. The number of aliphatic hydroxyl groups is 3. The van der Waals surface area contributed by atoms with Crippen molar-refractivity contribution < 1.29 is 15.3 Å². The maximum absolute atomic E-state index is 13.1. The number of benzene rings is 3. The Balaban J connectivity index is 0.977. The molecule has 11 N–H and O–H groups in total. The molecule has 12 rings (SSSR count). The van der Waals surface area contributed by atoms with Gasteiger partial charge in [-0.05, 0) is 115 Å². The van der Waals surface area contributed by atoms with E-state index in [0.29, 0.717) is 41.9 Å². The lowest BCUT2D eigenvalue weighted by Crippen LogP contribution is -2.62. The fraction of sp³-hybridized carbons (Fsp3) is 0.660. The van der Waals surface area contributed by atoms with Crippen LogP contribution in [0.1, 0.15) is 118 Å². The highest BCUT2D eigenvalue weighted by Crippen LogP contribution is 2.58. The van der Waals surface area contributed by atoms with E-state index in [4.69, 9.17) is 0 Å². The Kier molecular flexibility index (Phi) is 12.0. The van der Waals surface area contributed by atoms with E-state index in [1.807, 2.05) is 91.0 Å². The summed E-state index contributed by atoms with van der Waals surface area (Å²) in [6, 6.07) is 30.2. The Morgan fingerprint density at radius 3 is 0.953 bits per heavy atom. The summed E-state index contributed by atoms with van der Waals surface area (Å²) in [5, 5.41) is 72.9. The molecule has 4 aliphatic carbocycles. The average Bonchev–Trinajstić information content (AvgIpc) is 4.09. The fourth-order valence-electron chi connectivity index (χ4n) is 16.1. The Morgan fingerprint density at radius 2 is 0.609 bits per heavy atom. The molecule has 11 nitrogen and oxygen atoms in total. The molecule has 5 saturated heterocycles. The second-order valence-corrected chi connectivity index (χ2v) is 21.9. The van der Waals surface area contributed by atoms with Gasteiger partial charge in [0.1, 0.15) is 0 Å². The summed E-state index contributed by atoms with van der Waals surface area (Å²) >= 11 is 0. The molecule has 9 aliphatic rings. The Morgan fingerprint density at radius 1 is 0.328 bits per heavy atom. The van der Waals surface area contributed by atoms with Crippen molar-refractivity contribution in [1.82, 2.24) is 42.5 Å². The van der Waals surface area contributed by atoms with Crippen molar-refractivity contribution in [2.45, 2.75) is 151 Å². The Bertz CT molecular complexity index is 2020. The summed E-state index contributed by atoms with van der Waals surface area (Å²) in [7, 11) is 0. The summed E-state index contributed by atoms with van der Waals surface area (Å²) in [6.45, 7) is 0. The highest BCUT2D eigenvalue weighted by Gasteiger charge is 2.61. The minimum atomic E-state index is -0.901. The second kappa shape index (κ2) is 18.0. The van der Waals surface area contributed by atoms with Gasteiger partial charge in [0.05, 0.1) is 67.6 Å². The van der Waals surface area contributed by atoms with Gasteiger partial charge in [-0.1, -0.05) is 130 Å². The first-order valence-electron chi connectivity index (χ1n) is 25.8. The van der Waals surface area contributed by atoms with Crippen LogP contribution in [0, 0.1) is 65.1 Å². The molecule has 64 heavy (non-hydrogen) atoms. The van der Waals surface area contributed by atoms with Crippen molar-refractivity contribution in [2.75, 3.05) is 0 Å². The summed E-state index contributed by atoms with van der Waals surface area (Å²) in [4.78, 5) is 0. The first-order chi connectivity index (χ1) is 31.5. The van der Waals surface area contributed by atoms with E-state index in [9.17, 15) is 15.3 Å². The molecule has 3 aromatic rings. The Hall–Kier alpha value is -2.78. The minimum absolute atomic E-state index is 0.0492. The van der Waals surface area contributed by atoms with Crippen LogP contribution in [0.3, 0.4) is 0 Å². The molecule has 0 aromatic heterocycles. The molecule has 0 amide bonds. The van der Waals surface area contributed by atoms with E-state index in [1.165, 1.54) is 77.0 Å². The first kappa shape index (κ1) is 42.6. The van der Waals surface area contributed by atoms with Gasteiger partial charge >= 0.3 is 0 Å². The molecule has 5 heterocycles. The molecule has 344 valence electrons. The fourth-order valence-corrected chi connectivity index (χ4v) is 16.1. The van der Waals surface area contributed by atoms with Crippen LogP contribution in [0.2, 0.25) is 0 Å². The van der Waals surface area contributed by atoms with E-state index >= 15 is 0 Å². The van der Waals surface area contributed by atoms with Crippen LogP contribution in [0.15, 0.2) is 91.0 Å². The molecule has 11 heteroatoms. The number of fused-ring (bicyclic) bond motifs is 20. The summed E-state index contributed by atoms with van der Waals surface area (Å²) in [6.07, 6.45) is 14.1. The maximum Gasteiger partial charge on any atom is 0.0825 e. The lowest BCUT2D eigenvalue weighted by molar-refractivity contribution is -0.126.